The van der Waals surface area contributed by atoms with Gasteiger partial charge in [0.2, 0.25) is 5.65 Å². The molecule has 9 nitrogen and oxygen atoms in total. The number of nitrogens with zero attached hydrogens (tertiary/aromatic N) is 6. The lowest BCUT2D eigenvalue weighted by molar-refractivity contribution is 0.103. The standard InChI is InChI=1S/C23H26N8OS/c1-3-31-14-18-21(29-31)28-20(13-24-18)26-15(2)16-7-6-8-17(11-16)27-22(32)19-12-25-23(33-19)30-9-4-5-10-30/h6-8,11-15H,3-5,9-10H2,1-2H3,(H,27,32)(H,26,28,29)/t15-/m0/s1. The van der Waals surface area contributed by atoms with Gasteiger partial charge >= 0.3 is 0 Å². The molecule has 1 aliphatic rings. The number of amides is 1. The van der Waals surface area contributed by atoms with E-state index in [1.807, 2.05) is 49.0 Å². The van der Waals surface area contributed by atoms with Gasteiger partial charge in [-0.25, -0.2) is 15.0 Å². The van der Waals surface area contributed by atoms with E-state index in [1.54, 1.807) is 12.4 Å². The Morgan fingerprint density at radius 1 is 1.21 bits per heavy atom. The zero-order valence-corrected chi connectivity index (χ0v) is 19.5. The van der Waals surface area contributed by atoms with Crippen LogP contribution < -0.4 is 15.5 Å². The maximum absolute atomic E-state index is 12.8. The molecule has 0 aliphatic carbocycles. The average molecular weight is 463 g/mol. The highest BCUT2D eigenvalue weighted by molar-refractivity contribution is 7.17. The molecule has 0 saturated carbocycles. The van der Waals surface area contributed by atoms with Crippen molar-refractivity contribution in [3.8, 4) is 0 Å². The molecule has 5 rings (SSSR count). The molecule has 170 valence electrons. The van der Waals surface area contributed by atoms with Crippen molar-refractivity contribution in [1.29, 1.82) is 0 Å². The number of benzene rings is 1. The summed E-state index contributed by atoms with van der Waals surface area (Å²) in [6.45, 7) is 6.87. The van der Waals surface area contributed by atoms with Crippen LogP contribution in [0.1, 0.15) is 48.0 Å². The molecule has 33 heavy (non-hydrogen) atoms. The number of rotatable bonds is 7. The van der Waals surface area contributed by atoms with Crippen LogP contribution in [0.5, 0.6) is 0 Å². The van der Waals surface area contributed by atoms with Crippen LogP contribution in [0.15, 0.2) is 42.9 Å². The number of fused-ring (bicyclic) bond motifs is 1. The van der Waals surface area contributed by atoms with Gasteiger partial charge in [-0.05, 0) is 44.4 Å². The summed E-state index contributed by atoms with van der Waals surface area (Å²) in [5.74, 6) is 0.517. The predicted octanol–water partition coefficient (Wildman–Crippen LogP) is 4.33. The van der Waals surface area contributed by atoms with E-state index in [1.165, 1.54) is 24.2 Å². The molecule has 2 N–H and O–H groups in total. The molecule has 0 unspecified atom stereocenters. The molecule has 1 saturated heterocycles. The van der Waals surface area contributed by atoms with Crippen LogP contribution in [0.25, 0.3) is 11.2 Å². The number of carbonyl (C=O) groups excluding carboxylic acids is 1. The molecule has 1 fully saturated rings. The molecular formula is C23H26N8OS. The topological polar surface area (TPSA) is 101 Å². The van der Waals surface area contributed by atoms with E-state index in [0.717, 1.165) is 41.5 Å². The number of hydrogen-bond acceptors (Lipinski definition) is 8. The van der Waals surface area contributed by atoms with Crippen LogP contribution in [-0.4, -0.2) is 43.7 Å². The van der Waals surface area contributed by atoms with Crippen molar-refractivity contribution in [2.45, 2.75) is 39.3 Å². The Labute approximate surface area is 195 Å². The first-order valence-corrected chi connectivity index (χ1v) is 12.0. The van der Waals surface area contributed by atoms with E-state index in [2.05, 4.69) is 35.6 Å². The molecule has 10 heteroatoms. The van der Waals surface area contributed by atoms with Gasteiger partial charge in [0, 0.05) is 25.3 Å². The molecule has 1 atom stereocenters. The number of thiazole rings is 1. The van der Waals surface area contributed by atoms with E-state index in [0.29, 0.717) is 16.3 Å². The highest BCUT2D eigenvalue weighted by Gasteiger charge is 2.18. The lowest BCUT2D eigenvalue weighted by Gasteiger charge is -2.16. The van der Waals surface area contributed by atoms with Crippen molar-refractivity contribution < 1.29 is 4.79 Å². The lowest BCUT2D eigenvalue weighted by atomic mass is 10.1. The first-order valence-electron chi connectivity index (χ1n) is 11.2. The number of hydrogen-bond donors (Lipinski definition) is 2. The van der Waals surface area contributed by atoms with E-state index in [-0.39, 0.29) is 11.9 Å². The van der Waals surface area contributed by atoms with E-state index in [4.69, 9.17) is 0 Å². The van der Waals surface area contributed by atoms with Crippen LogP contribution in [0.4, 0.5) is 16.6 Å². The third-order valence-electron chi connectivity index (χ3n) is 5.70. The number of anilines is 3. The van der Waals surface area contributed by atoms with Crippen molar-refractivity contribution in [3.63, 3.8) is 0 Å². The summed E-state index contributed by atoms with van der Waals surface area (Å²) in [7, 11) is 0. The summed E-state index contributed by atoms with van der Waals surface area (Å²) >= 11 is 1.44. The highest BCUT2D eigenvalue weighted by Crippen LogP contribution is 2.27. The third kappa shape index (κ3) is 4.65. The number of carbonyl (C=O) groups is 1. The summed E-state index contributed by atoms with van der Waals surface area (Å²) in [4.78, 5) is 29.1. The van der Waals surface area contributed by atoms with E-state index in [9.17, 15) is 4.79 Å². The summed E-state index contributed by atoms with van der Waals surface area (Å²) in [6.07, 6.45) is 7.63. The Bertz CT molecular complexity index is 1280. The number of nitrogens with one attached hydrogen (secondary N) is 2. The zero-order valence-electron chi connectivity index (χ0n) is 18.7. The van der Waals surface area contributed by atoms with Crippen LogP contribution in [0.3, 0.4) is 0 Å². The molecular weight excluding hydrogens is 436 g/mol. The van der Waals surface area contributed by atoms with Crippen molar-refractivity contribution in [1.82, 2.24) is 24.7 Å². The van der Waals surface area contributed by atoms with Gasteiger partial charge in [-0.15, -0.1) is 0 Å². The Hall–Kier alpha value is -3.53. The van der Waals surface area contributed by atoms with Gasteiger partial charge in [0.05, 0.1) is 24.6 Å². The van der Waals surface area contributed by atoms with E-state index >= 15 is 0 Å². The number of aryl methyl sites for hydroxylation is 1. The van der Waals surface area contributed by atoms with Crippen LogP contribution in [-0.2, 0) is 6.54 Å². The summed E-state index contributed by atoms with van der Waals surface area (Å²) in [5.41, 5.74) is 3.16. The van der Waals surface area contributed by atoms with Gasteiger partial charge in [-0.3, -0.25) is 9.48 Å². The Morgan fingerprint density at radius 2 is 2.06 bits per heavy atom. The van der Waals surface area contributed by atoms with Crippen LogP contribution in [0, 0.1) is 0 Å². The minimum Gasteiger partial charge on any atom is -0.362 e. The molecule has 1 aromatic carbocycles. The van der Waals surface area contributed by atoms with Gasteiger partial charge < -0.3 is 15.5 Å². The van der Waals surface area contributed by atoms with Gasteiger partial charge in [0.1, 0.15) is 16.2 Å². The first kappa shape index (κ1) is 21.3. The third-order valence-corrected chi connectivity index (χ3v) is 6.76. The van der Waals surface area contributed by atoms with Crippen molar-refractivity contribution in [2.24, 2.45) is 0 Å². The maximum Gasteiger partial charge on any atom is 0.267 e. The fourth-order valence-electron chi connectivity index (χ4n) is 3.88. The lowest BCUT2D eigenvalue weighted by Crippen LogP contribution is -2.16. The van der Waals surface area contributed by atoms with Crippen molar-refractivity contribution in [3.05, 3.63) is 53.3 Å². The minimum atomic E-state index is -0.140. The van der Waals surface area contributed by atoms with Gasteiger partial charge in [-0.2, -0.15) is 5.10 Å². The quantitative estimate of drug-likeness (QED) is 0.422. The van der Waals surface area contributed by atoms with E-state index < -0.39 is 0 Å². The summed E-state index contributed by atoms with van der Waals surface area (Å²) < 4.78 is 1.82. The fourth-order valence-corrected chi connectivity index (χ4v) is 4.75. The molecule has 0 bridgehead atoms. The Balaban J connectivity index is 1.26. The monoisotopic (exact) mass is 462 g/mol. The fraction of sp³-hybridized carbons (Fsp3) is 0.348. The number of aromatic nitrogens is 5. The molecule has 3 aromatic heterocycles. The first-order chi connectivity index (χ1) is 16.1. The van der Waals surface area contributed by atoms with Crippen LogP contribution in [0.2, 0.25) is 0 Å². The van der Waals surface area contributed by atoms with Crippen molar-refractivity contribution >= 4 is 45.0 Å². The minimum absolute atomic E-state index is 0.0352. The molecule has 0 spiro atoms. The molecule has 1 amide bonds. The second-order valence-corrected chi connectivity index (χ2v) is 9.10. The largest absolute Gasteiger partial charge is 0.362 e. The van der Waals surface area contributed by atoms with Gasteiger partial charge in [0.25, 0.3) is 5.91 Å². The normalized spacial score (nSPS) is 14.5. The second kappa shape index (κ2) is 9.14. The SMILES string of the molecule is CCn1cc2ncc(N[C@@H](C)c3cccc(NC(=O)c4cnc(N5CCCC5)s4)c3)nc2n1. The Morgan fingerprint density at radius 3 is 2.88 bits per heavy atom. The zero-order chi connectivity index (χ0) is 22.8. The summed E-state index contributed by atoms with van der Waals surface area (Å²) in [5, 5.41) is 11.7. The second-order valence-electron chi connectivity index (χ2n) is 8.10. The average Bonchev–Trinajstić information content (AvgIpc) is 3.59. The summed E-state index contributed by atoms with van der Waals surface area (Å²) in [6, 6.07) is 7.77. The smallest absolute Gasteiger partial charge is 0.267 e. The van der Waals surface area contributed by atoms with Crippen molar-refractivity contribution in [2.75, 3.05) is 28.6 Å². The Kier molecular flexibility index (Phi) is 5.91. The van der Waals surface area contributed by atoms with Crippen LogP contribution >= 0.6 is 11.3 Å². The highest BCUT2D eigenvalue weighted by atomic mass is 32.1. The van der Waals surface area contributed by atoms with Gasteiger partial charge in [0.15, 0.2) is 5.13 Å². The molecule has 1 aliphatic heterocycles. The maximum atomic E-state index is 12.8. The molecule has 4 aromatic rings. The molecule has 4 heterocycles. The predicted molar refractivity (Wildman–Crippen MR) is 131 cm³/mol. The molecule has 0 radical (unpaired) electrons. The van der Waals surface area contributed by atoms with Gasteiger partial charge in [-0.1, -0.05) is 23.5 Å².